The minimum atomic E-state index is -0.602. The average molecular weight is 361 g/mol. The largest absolute Gasteiger partial charge is 0.420 e. The van der Waals surface area contributed by atoms with E-state index in [1.54, 1.807) is 25.1 Å². The van der Waals surface area contributed by atoms with E-state index in [0.717, 1.165) is 10.0 Å². The highest BCUT2D eigenvalue weighted by Crippen LogP contribution is 2.32. The number of hydrogen-bond acceptors (Lipinski definition) is 3. The van der Waals surface area contributed by atoms with Gasteiger partial charge >= 0.3 is 5.97 Å². The van der Waals surface area contributed by atoms with Crippen molar-refractivity contribution < 1.29 is 9.53 Å². The van der Waals surface area contributed by atoms with E-state index in [2.05, 4.69) is 20.9 Å². The van der Waals surface area contributed by atoms with Crippen LogP contribution in [-0.4, -0.2) is 11.0 Å². The number of pyridine rings is 1. The summed E-state index contributed by atoms with van der Waals surface area (Å²) in [5, 5.41) is 0.767. The molecule has 1 heterocycles. The monoisotopic (exact) mass is 359 g/mol. The molecular formula is C13H8BrCl2NO2. The van der Waals surface area contributed by atoms with Gasteiger partial charge in [0.05, 0.1) is 5.02 Å². The molecule has 19 heavy (non-hydrogen) atoms. The van der Waals surface area contributed by atoms with E-state index in [1.807, 2.05) is 0 Å². The summed E-state index contributed by atoms with van der Waals surface area (Å²) in [7, 11) is 0. The van der Waals surface area contributed by atoms with Crippen molar-refractivity contribution in [3.8, 4) is 5.75 Å². The molecule has 2 aromatic rings. The predicted octanol–water partition coefficient (Wildman–Crippen LogP) is 4.68. The smallest absolute Gasteiger partial charge is 0.362 e. The highest BCUT2D eigenvalue weighted by atomic mass is 79.9. The second-order valence-electron chi connectivity index (χ2n) is 3.78. The van der Waals surface area contributed by atoms with Crippen molar-refractivity contribution in [2.24, 2.45) is 0 Å². The SMILES string of the molecule is Cc1cc(Br)cc(Cl)c1OC(=O)c1cc(Cl)ccn1. The van der Waals surface area contributed by atoms with Gasteiger partial charge in [-0.2, -0.15) is 0 Å². The molecule has 1 aromatic heterocycles. The highest BCUT2D eigenvalue weighted by Gasteiger charge is 2.15. The van der Waals surface area contributed by atoms with Crippen LogP contribution in [0, 0.1) is 6.92 Å². The number of hydrogen-bond donors (Lipinski definition) is 0. The average Bonchev–Trinajstić information content (AvgIpc) is 2.33. The normalized spacial score (nSPS) is 10.3. The summed E-state index contributed by atoms with van der Waals surface area (Å²) < 4.78 is 6.07. The zero-order valence-electron chi connectivity index (χ0n) is 9.78. The third-order valence-electron chi connectivity index (χ3n) is 2.32. The summed E-state index contributed by atoms with van der Waals surface area (Å²) in [4.78, 5) is 15.8. The van der Waals surface area contributed by atoms with Gasteiger partial charge in [-0.1, -0.05) is 39.1 Å². The zero-order chi connectivity index (χ0) is 14.0. The van der Waals surface area contributed by atoms with Gasteiger partial charge in [0.2, 0.25) is 0 Å². The topological polar surface area (TPSA) is 39.2 Å². The van der Waals surface area contributed by atoms with Crippen molar-refractivity contribution in [2.45, 2.75) is 6.92 Å². The van der Waals surface area contributed by atoms with E-state index >= 15 is 0 Å². The number of ether oxygens (including phenoxy) is 1. The second kappa shape index (κ2) is 5.90. The first kappa shape index (κ1) is 14.3. The lowest BCUT2D eigenvalue weighted by Crippen LogP contribution is -2.11. The number of rotatable bonds is 2. The molecule has 0 N–H and O–H groups in total. The van der Waals surface area contributed by atoms with Gasteiger partial charge in [-0.15, -0.1) is 0 Å². The van der Waals surface area contributed by atoms with Gasteiger partial charge in [-0.05, 0) is 36.8 Å². The van der Waals surface area contributed by atoms with E-state index < -0.39 is 5.97 Å². The van der Waals surface area contributed by atoms with Crippen LogP contribution in [0.3, 0.4) is 0 Å². The van der Waals surface area contributed by atoms with Crippen molar-refractivity contribution in [1.82, 2.24) is 4.98 Å². The number of esters is 1. The van der Waals surface area contributed by atoms with Gasteiger partial charge in [0.1, 0.15) is 5.69 Å². The molecule has 3 nitrogen and oxygen atoms in total. The summed E-state index contributed by atoms with van der Waals surface area (Å²) in [6, 6.07) is 6.48. The fourth-order valence-electron chi connectivity index (χ4n) is 1.48. The number of aryl methyl sites for hydroxylation is 1. The molecule has 0 saturated heterocycles. The van der Waals surface area contributed by atoms with Crippen LogP contribution >= 0.6 is 39.1 Å². The summed E-state index contributed by atoms with van der Waals surface area (Å²) >= 11 is 15.2. The number of nitrogens with zero attached hydrogens (tertiary/aromatic N) is 1. The third kappa shape index (κ3) is 3.47. The number of halogens is 3. The van der Waals surface area contributed by atoms with E-state index in [1.165, 1.54) is 12.3 Å². The van der Waals surface area contributed by atoms with Gasteiger partial charge in [-0.3, -0.25) is 0 Å². The molecule has 2 rings (SSSR count). The van der Waals surface area contributed by atoms with Gasteiger partial charge in [0.25, 0.3) is 0 Å². The van der Waals surface area contributed by atoms with Crippen LogP contribution in [0.15, 0.2) is 34.9 Å². The van der Waals surface area contributed by atoms with Crippen molar-refractivity contribution in [1.29, 1.82) is 0 Å². The maximum atomic E-state index is 11.9. The summed E-state index contributed by atoms with van der Waals surface area (Å²) in [5.41, 5.74) is 0.876. The lowest BCUT2D eigenvalue weighted by atomic mass is 10.2. The molecule has 0 radical (unpaired) electrons. The van der Waals surface area contributed by atoms with Crippen LogP contribution < -0.4 is 4.74 Å². The Balaban J connectivity index is 2.29. The Kier molecular flexibility index (Phi) is 4.45. The number of benzene rings is 1. The quantitative estimate of drug-likeness (QED) is 0.576. The molecular weight excluding hydrogens is 353 g/mol. The van der Waals surface area contributed by atoms with Gasteiger partial charge in [0, 0.05) is 15.7 Å². The molecule has 0 amide bonds. The fourth-order valence-corrected chi connectivity index (χ4v) is 2.65. The lowest BCUT2D eigenvalue weighted by molar-refractivity contribution is 0.0727. The van der Waals surface area contributed by atoms with E-state index in [0.29, 0.717) is 15.8 Å². The van der Waals surface area contributed by atoms with Crippen molar-refractivity contribution in [2.75, 3.05) is 0 Å². The Morgan fingerprint density at radius 1 is 1.32 bits per heavy atom. The Bertz CT molecular complexity index is 623. The van der Waals surface area contributed by atoms with Crippen molar-refractivity contribution in [3.63, 3.8) is 0 Å². The molecule has 0 aliphatic heterocycles. The van der Waals surface area contributed by atoms with Crippen LogP contribution in [0.2, 0.25) is 10.0 Å². The maximum absolute atomic E-state index is 11.9. The highest BCUT2D eigenvalue weighted by molar-refractivity contribution is 9.10. The van der Waals surface area contributed by atoms with Gasteiger partial charge in [-0.25, -0.2) is 9.78 Å². The Morgan fingerprint density at radius 2 is 2.05 bits per heavy atom. The standard InChI is InChI=1S/C13H8BrCl2NO2/c1-7-4-8(14)5-10(16)12(7)19-13(18)11-6-9(15)2-3-17-11/h2-6H,1H3. The minimum absolute atomic E-state index is 0.130. The minimum Gasteiger partial charge on any atom is -0.420 e. The van der Waals surface area contributed by atoms with Crippen LogP contribution in [-0.2, 0) is 0 Å². The van der Waals surface area contributed by atoms with Crippen molar-refractivity contribution >= 4 is 45.1 Å². The van der Waals surface area contributed by atoms with E-state index in [-0.39, 0.29) is 5.69 Å². The van der Waals surface area contributed by atoms with Gasteiger partial charge in [0.15, 0.2) is 5.75 Å². The molecule has 0 aliphatic rings. The first-order chi connectivity index (χ1) is 8.97. The van der Waals surface area contributed by atoms with E-state index in [4.69, 9.17) is 27.9 Å². The zero-order valence-corrected chi connectivity index (χ0v) is 12.9. The molecule has 0 bridgehead atoms. The molecule has 0 aliphatic carbocycles. The fraction of sp³-hybridized carbons (Fsp3) is 0.0769. The number of aromatic nitrogens is 1. The van der Waals surface area contributed by atoms with E-state index in [9.17, 15) is 4.79 Å². The molecule has 0 unspecified atom stereocenters. The first-order valence-electron chi connectivity index (χ1n) is 5.27. The molecule has 0 atom stereocenters. The first-order valence-corrected chi connectivity index (χ1v) is 6.81. The van der Waals surface area contributed by atoms with Crippen LogP contribution in [0.1, 0.15) is 16.1 Å². The van der Waals surface area contributed by atoms with Crippen LogP contribution in [0.25, 0.3) is 0 Å². The second-order valence-corrected chi connectivity index (χ2v) is 5.54. The summed E-state index contributed by atoms with van der Waals surface area (Å²) in [6.45, 7) is 1.80. The van der Waals surface area contributed by atoms with Crippen LogP contribution in [0.4, 0.5) is 0 Å². The Morgan fingerprint density at radius 3 is 2.68 bits per heavy atom. The third-order valence-corrected chi connectivity index (χ3v) is 3.29. The molecule has 1 aromatic carbocycles. The molecule has 0 saturated carbocycles. The molecule has 0 fully saturated rings. The summed E-state index contributed by atoms with van der Waals surface area (Å²) in [5.74, 6) is -0.286. The Labute approximate surface area is 128 Å². The molecule has 6 heteroatoms. The predicted molar refractivity (Wildman–Crippen MR) is 78.1 cm³/mol. The maximum Gasteiger partial charge on any atom is 0.362 e. The van der Waals surface area contributed by atoms with Crippen molar-refractivity contribution in [3.05, 3.63) is 56.2 Å². The molecule has 0 spiro atoms. The molecule has 98 valence electrons. The Hall–Kier alpha value is -1.10. The van der Waals surface area contributed by atoms with Gasteiger partial charge < -0.3 is 4.74 Å². The number of carbonyl (C=O) groups excluding carboxylic acids is 1. The van der Waals surface area contributed by atoms with Crippen LogP contribution in [0.5, 0.6) is 5.75 Å². The lowest BCUT2D eigenvalue weighted by Gasteiger charge is -2.09. The number of carbonyl (C=O) groups is 1. The summed E-state index contributed by atoms with van der Waals surface area (Å²) in [6.07, 6.45) is 1.44.